The molecule has 2 aliphatic heterocycles. The Balaban J connectivity index is 1.75. The molecule has 1 aromatic rings. The number of hydrogen-bond acceptors (Lipinski definition) is 6. The summed E-state index contributed by atoms with van der Waals surface area (Å²) < 4.78 is 6.18. The fraction of sp³-hybridized carbons (Fsp3) is 0.692. The van der Waals surface area contributed by atoms with Gasteiger partial charge in [0.25, 0.3) is 0 Å². The van der Waals surface area contributed by atoms with E-state index in [0.717, 1.165) is 38.4 Å². The number of aliphatic hydroxyl groups excluding tert-OH is 1. The molecule has 3 N–H and O–H groups in total. The first kappa shape index (κ1) is 14.2. The smallest absolute Gasteiger partial charge is 0.152 e. The number of rotatable bonds is 2. The molecule has 1 aromatic heterocycles. The van der Waals surface area contributed by atoms with Crippen molar-refractivity contribution >= 4 is 21.7 Å². The second-order valence-electron chi connectivity index (χ2n) is 5.59. The van der Waals surface area contributed by atoms with Gasteiger partial charge in [-0.1, -0.05) is 0 Å². The lowest BCUT2D eigenvalue weighted by molar-refractivity contribution is 0.131. The minimum absolute atomic E-state index is 0.105. The van der Waals surface area contributed by atoms with Crippen LogP contribution in [-0.4, -0.2) is 47.4 Å². The monoisotopic (exact) mass is 342 g/mol. The van der Waals surface area contributed by atoms with Gasteiger partial charge < -0.3 is 20.5 Å². The Hall–Kier alpha value is -0.760. The predicted molar refractivity (Wildman–Crippen MR) is 78.3 cm³/mol. The molecule has 0 bridgehead atoms. The van der Waals surface area contributed by atoms with Crippen LogP contribution in [0, 0.1) is 5.41 Å². The maximum absolute atomic E-state index is 9.43. The zero-order chi connectivity index (χ0) is 14.2. The Morgan fingerprint density at radius 1 is 1.50 bits per heavy atom. The molecular formula is C13H19BrN4O2. The molecule has 0 aliphatic carbocycles. The van der Waals surface area contributed by atoms with Crippen LogP contribution in [0.5, 0.6) is 0 Å². The van der Waals surface area contributed by atoms with Crippen LogP contribution in [0.1, 0.15) is 18.5 Å². The van der Waals surface area contributed by atoms with Gasteiger partial charge in [-0.05, 0) is 28.8 Å². The molecule has 0 saturated carbocycles. The normalized spacial score (nSPS) is 25.4. The maximum Gasteiger partial charge on any atom is 0.152 e. The van der Waals surface area contributed by atoms with E-state index in [1.807, 2.05) is 0 Å². The number of nitrogens with zero attached hydrogens (tertiary/aromatic N) is 3. The fourth-order valence-electron chi connectivity index (χ4n) is 3.12. The van der Waals surface area contributed by atoms with Gasteiger partial charge in [0.05, 0.1) is 26.0 Å². The van der Waals surface area contributed by atoms with Gasteiger partial charge in [-0.2, -0.15) is 0 Å². The Morgan fingerprint density at radius 3 is 2.85 bits per heavy atom. The minimum atomic E-state index is -0.105. The molecule has 0 amide bonds. The van der Waals surface area contributed by atoms with Crippen LogP contribution >= 0.6 is 15.9 Å². The average molecular weight is 343 g/mol. The number of piperidine rings is 1. The summed E-state index contributed by atoms with van der Waals surface area (Å²) in [6.07, 6.45) is 3.66. The summed E-state index contributed by atoms with van der Waals surface area (Å²) in [4.78, 5) is 10.9. The predicted octanol–water partition coefficient (Wildman–Crippen LogP) is 0.675. The van der Waals surface area contributed by atoms with Crippen molar-refractivity contribution in [2.75, 3.05) is 31.2 Å². The summed E-state index contributed by atoms with van der Waals surface area (Å²) in [5, 5.41) is 9.43. The third kappa shape index (κ3) is 2.43. The highest BCUT2D eigenvalue weighted by Crippen LogP contribution is 2.39. The number of halogens is 1. The van der Waals surface area contributed by atoms with Gasteiger partial charge in [-0.25, -0.2) is 9.97 Å². The summed E-state index contributed by atoms with van der Waals surface area (Å²) in [5.41, 5.74) is 6.92. The molecule has 2 saturated heterocycles. The van der Waals surface area contributed by atoms with Gasteiger partial charge in [0.2, 0.25) is 0 Å². The van der Waals surface area contributed by atoms with Crippen LogP contribution in [0.2, 0.25) is 0 Å². The quantitative estimate of drug-likeness (QED) is 0.821. The molecule has 1 spiro atoms. The van der Waals surface area contributed by atoms with E-state index >= 15 is 0 Å². The zero-order valence-electron chi connectivity index (χ0n) is 11.3. The van der Waals surface area contributed by atoms with Crippen molar-refractivity contribution in [1.82, 2.24) is 9.97 Å². The van der Waals surface area contributed by atoms with Crippen molar-refractivity contribution in [2.45, 2.75) is 25.5 Å². The number of aromatic nitrogens is 2. The molecule has 110 valence electrons. The summed E-state index contributed by atoms with van der Waals surface area (Å²) in [6, 6.07) is 0.137. The summed E-state index contributed by atoms with van der Waals surface area (Å²) >= 11 is 3.28. The largest absolute Gasteiger partial charge is 0.390 e. The van der Waals surface area contributed by atoms with Crippen LogP contribution < -0.4 is 10.6 Å². The highest BCUT2D eigenvalue weighted by molar-refractivity contribution is 9.10. The number of aliphatic hydroxyl groups is 1. The van der Waals surface area contributed by atoms with Crippen molar-refractivity contribution in [3.63, 3.8) is 0 Å². The van der Waals surface area contributed by atoms with E-state index in [9.17, 15) is 5.11 Å². The van der Waals surface area contributed by atoms with Gasteiger partial charge in [-0.3, -0.25) is 0 Å². The lowest BCUT2D eigenvalue weighted by atomic mass is 9.75. The molecule has 3 heterocycles. The van der Waals surface area contributed by atoms with E-state index in [1.54, 1.807) is 6.20 Å². The van der Waals surface area contributed by atoms with Gasteiger partial charge in [0.1, 0.15) is 10.3 Å². The number of ether oxygens (including phenoxy) is 1. The fourth-order valence-corrected chi connectivity index (χ4v) is 3.44. The lowest BCUT2D eigenvalue weighted by Crippen LogP contribution is -2.49. The Bertz CT molecular complexity index is 491. The SMILES string of the molecule is N[C@@H]1COCC12CCN(c1ncc(Br)nc1CO)CC2. The van der Waals surface area contributed by atoms with E-state index < -0.39 is 0 Å². The average Bonchev–Trinajstić information content (AvgIpc) is 2.81. The first-order valence-corrected chi connectivity index (χ1v) is 7.64. The second kappa shape index (κ2) is 5.55. The van der Waals surface area contributed by atoms with Crippen molar-refractivity contribution in [3.8, 4) is 0 Å². The number of nitrogens with two attached hydrogens (primary N) is 1. The van der Waals surface area contributed by atoms with Crippen LogP contribution in [-0.2, 0) is 11.3 Å². The highest BCUT2D eigenvalue weighted by atomic mass is 79.9. The summed E-state index contributed by atoms with van der Waals surface area (Å²) in [5.74, 6) is 0.776. The first-order valence-electron chi connectivity index (χ1n) is 6.85. The van der Waals surface area contributed by atoms with Crippen LogP contribution in [0.3, 0.4) is 0 Å². The molecule has 1 atom stereocenters. The molecule has 7 heteroatoms. The molecule has 3 rings (SSSR count). The summed E-state index contributed by atoms with van der Waals surface area (Å²) in [6.45, 7) is 3.08. The lowest BCUT2D eigenvalue weighted by Gasteiger charge is -2.41. The summed E-state index contributed by atoms with van der Waals surface area (Å²) in [7, 11) is 0. The van der Waals surface area contributed by atoms with Crippen molar-refractivity contribution in [1.29, 1.82) is 0 Å². The Kier molecular flexibility index (Phi) is 3.94. The molecule has 6 nitrogen and oxygen atoms in total. The number of anilines is 1. The molecular weight excluding hydrogens is 324 g/mol. The van der Waals surface area contributed by atoms with Crippen molar-refractivity contribution < 1.29 is 9.84 Å². The van der Waals surface area contributed by atoms with Crippen molar-refractivity contribution in [2.24, 2.45) is 11.1 Å². The second-order valence-corrected chi connectivity index (χ2v) is 6.40. The molecule has 0 unspecified atom stereocenters. The standard InChI is InChI=1S/C13H19BrN4O2/c14-11-5-16-12(9(6-19)17-11)18-3-1-13(2-4-18)8-20-7-10(13)15/h5,10,19H,1-4,6-8,15H2/t10-/m1/s1. The van der Waals surface area contributed by atoms with Crippen LogP contribution in [0.4, 0.5) is 5.82 Å². The molecule has 20 heavy (non-hydrogen) atoms. The zero-order valence-corrected chi connectivity index (χ0v) is 12.8. The molecule has 2 aliphatic rings. The number of hydrogen-bond donors (Lipinski definition) is 2. The topological polar surface area (TPSA) is 84.5 Å². The van der Waals surface area contributed by atoms with Gasteiger partial charge >= 0.3 is 0 Å². The van der Waals surface area contributed by atoms with E-state index in [0.29, 0.717) is 16.9 Å². The van der Waals surface area contributed by atoms with E-state index in [4.69, 9.17) is 10.5 Å². The Morgan fingerprint density at radius 2 is 2.25 bits per heavy atom. The highest BCUT2D eigenvalue weighted by Gasteiger charge is 2.44. The third-order valence-electron chi connectivity index (χ3n) is 4.48. The maximum atomic E-state index is 9.43. The van der Waals surface area contributed by atoms with E-state index in [-0.39, 0.29) is 18.1 Å². The van der Waals surface area contributed by atoms with E-state index in [1.165, 1.54) is 0 Å². The molecule has 2 fully saturated rings. The van der Waals surface area contributed by atoms with Gasteiger partial charge in [0, 0.05) is 24.5 Å². The first-order chi connectivity index (χ1) is 9.64. The van der Waals surface area contributed by atoms with E-state index in [2.05, 4.69) is 30.8 Å². The van der Waals surface area contributed by atoms with Crippen LogP contribution in [0.25, 0.3) is 0 Å². The molecule has 0 radical (unpaired) electrons. The van der Waals surface area contributed by atoms with Gasteiger partial charge in [0.15, 0.2) is 5.82 Å². The minimum Gasteiger partial charge on any atom is -0.390 e. The Labute approximate surface area is 126 Å². The van der Waals surface area contributed by atoms with Gasteiger partial charge in [-0.15, -0.1) is 0 Å². The molecule has 0 aromatic carbocycles. The third-order valence-corrected chi connectivity index (χ3v) is 4.86. The van der Waals surface area contributed by atoms with Crippen LogP contribution in [0.15, 0.2) is 10.8 Å². The van der Waals surface area contributed by atoms with Crippen molar-refractivity contribution in [3.05, 3.63) is 16.5 Å².